The minimum Gasteiger partial charge on any atom is -0.356 e. The molecular formula is C10H12N2O. The zero-order valence-electron chi connectivity index (χ0n) is 7.74. The Morgan fingerprint density at radius 3 is 2.92 bits per heavy atom. The third-order valence-corrected chi connectivity index (χ3v) is 2.20. The van der Waals surface area contributed by atoms with Gasteiger partial charge in [0.05, 0.1) is 5.69 Å². The minimum absolute atomic E-state index is 0.0175. The quantitative estimate of drug-likeness (QED) is 0.724. The molecule has 68 valence electrons. The second-order valence-electron chi connectivity index (χ2n) is 3.28. The van der Waals surface area contributed by atoms with Crippen LogP contribution in [-0.2, 0) is 0 Å². The number of benzene rings is 1. The Hall–Kier alpha value is -1.35. The number of rotatable bonds is 1. The molecular weight excluding hydrogens is 164 g/mol. The molecule has 1 aromatic heterocycles. The molecule has 0 radical (unpaired) electrons. The first-order valence-electron chi connectivity index (χ1n) is 4.30. The molecule has 2 rings (SSSR count). The van der Waals surface area contributed by atoms with Crippen LogP contribution < -0.4 is 5.73 Å². The summed E-state index contributed by atoms with van der Waals surface area (Å²) in [6, 6.07) is 5.92. The van der Waals surface area contributed by atoms with Gasteiger partial charge in [-0.05, 0) is 19.9 Å². The Labute approximate surface area is 76.5 Å². The molecule has 1 unspecified atom stereocenters. The van der Waals surface area contributed by atoms with Crippen molar-refractivity contribution in [1.82, 2.24) is 5.16 Å². The monoisotopic (exact) mass is 176 g/mol. The van der Waals surface area contributed by atoms with Crippen LogP contribution in [0.25, 0.3) is 11.0 Å². The van der Waals surface area contributed by atoms with E-state index in [4.69, 9.17) is 10.3 Å². The molecule has 0 saturated heterocycles. The molecule has 0 aliphatic heterocycles. The molecule has 2 N–H and O–H groups in total. The van der Waals surface area contributed by atoms with Gasteiger partial charge in [-0.3, -0.25) is 0 Å². The Balaban J connectivity index is 2.77. The smallest absolute Gasteiger partial charge is 0.171 e. The van der Waals surface area contributed by atoms with Crippen LogP contribution in [0.1, 0.15) is 24.2 Å². The van der Waals surface area contributed by atoms with E-state index in [2.05, 4.69) is 5.16 Å². The van der Waals surface area contributed by atoms with Gasteiger partial charge in [-0.2, -0.15) is 0 Å². The molecule has 2 aromatic rings. The van der Waals surface area contributed by atoms with E-state index in [0.717, 1.165) is 22.2 Å². The van der Waals surface area contributed by atoms with Gasteiger partial charge in [-0.15, -0.1) is 0 Å². The van der Waals surface area contributed by atoms with E-state index in [1.807, 2.05) is 32.0 Å². The molecule has 1 atom stereocenters. The topological polar surface area (TPSA) is 52.0 Å². The summed E-state index contributed by atoms with van der Waals surface area (Å²) in [4.78, 5) is 0. The summed E-state index contributed by atoms with van der Waals surface area (Å²) in [7, 11) is 0. The third-order valence-electron chi connectivity index (χ3n) is 2.20. The molecule has 3 nitrogen and oxygen atoms in total. The van der Waals surface area contributed by atoms with Gasteiger partial charge in [-0.25, -0.2) is 0 Å². The van der Waals surface area contributed by atoms with E-state index in [0.29, 0.717) is 0 Å². The maximum atomic E-state index is 5.80. The third kappa shape index (κ3) is 1.21. The first kappa shape index (κ1) is 8.26. The lowest BCUT2D eigenvalue weighted by molar-refractivity contribution is 0.446. The van der Waals surface area contributed by atoms with E-state index >= 15 is 0 Å². The highest BCUT2D eigenvalue weighted by Crippen LogP contribution is 2.24. The summed E-state index contributed by atoms with van der Waals surface area (Å²) in [5.41, 5.74) is 8.54. The average Bonchev–Trinajstić information content (AvgIpc) is 2.48. The highest BCUT2D eigenvalue weighted by molar-refractivity contribution is 5.82. The van der Waals surface area contributed by atoms with Crippen LogP contribution in [0.5, 0.6) is 0 Å². The fourth-order valence-corrected chi connectivity index (χ4v) is 1.46. The van der Waals surface area contributed by atoms with Crippen LogP contribution in [0.3, 0.4) is 0 Å². The second-order valence-corrected chi connectivity index (χ2v) is 3.28. The van der Waals surface area contributed by atoms with Crippen molar-refractivity contribution in [2.75, 3.05) is 0 Å². The molecule has 0 spiro atoms. The highest BCUT2D eigenvalue weighted by Gasteiger charge is 2.10. The predicted molar refractivity (Wildman–Crippen MR) is 51.3 cm³/mol. The van der Waals surface area contributed by atoms with E-state index in [-0.39, 0.29) is 6.04 Å². The van der Waals surface area contributed by atoms with Gasteiger partial charge in [0.25, 0.3) is 0 Å². The van der Waals surface area contributed by atoms with Crippen molar-refractivity contribution >= 4 is 11.0 Å². The molecule has 0 fully saturated rings. The molecule has 0 bridgehead atoms. The SMILES string of the molecule is Cc1noc2c(C(C)N)cccc12. The van der Waals surface area contributed by atoms with Crippen LogP contribution in [0, 0.1) is 6.92 Å². The first-order valence-corrected chi connectivity index (χ1v) is 4.30. The fraction of sp³-hybridized carbons (Fsp3) is 0.300. The van der Waals surface area contributed by atoms with Crippen molar-refractivity contribution in [3.8, 4) is 0 Å². The lowest BCUT2D eigenvalue weighted by Gasteiger charge is -2.03. The standard InChI is InChI=1S/C10H12N2O/c1-6(11)8-4-3-5-9-7(2)12-13-10(8)9/h3-6H,11H2,1-2H3. The summed E-state index contributed by atoms with van der Waals surface area (Å²) in [5.74, 6) is 0. The average molecular weight is 176 g/mol. The number of nitrogens with two attached hydrogens (primary N) is 1. The maximum Gasteiger partial charge on any atom is 0.171 e. The summed E-state index contributed by atoms with van der Waals surface area (Å²) >= 11 is 0. The number of fused-ring (bicyclic) bond motifs is 1. The Morgan fingerprint density at radius 1 is 1.46 bits per heavy atom. The van der Waals surface area contributed by atoms with Crippen molar-refractivity contribution in [3.05, 3.63) is 29.5 Å². The number of hydrogen-bond acceptors (Lipinski definition) is 3. The van der Waals surface area contributed by atoms with E-state index in [1.165, 1.54) is 0 Å². The first-order chi connectivity index (χ1) is 6.20. The zero-order valence-corrected chi connectivity index (χ0v) is 7.74. The zero-order chi connectivity index (χ0) is 9.42. The Kier molecular flexibility index (Phi) is 1.81. The maximum absolute atomic E-state index is 5.80. The van der Waals surface area contributed by atoms with Crippen molar-refractivity contribution in [2.24, 2.45) is 5.73 Å². The van der Waals surface area contributed by atoms with Crippen molar-refractivity contribution in [1.29, 1.82) is 0 Å². The van der Waals surface area contributed by atoms with Crippen LogP contribution >= 0.6 is 0 Å². The number of nitrogens with zero attached hydrogens (tertiary/aromatic N) is 1. The van der Waals surface area contributed by atoms with Gasteiger partial charge in [-0.1, -0.05) is 17.3 Å². The number of aromatic nitrogens is 1. The molecule has 1 heterocycles. The summed E-state index contributed by atoms with van der Waals surface area (Å²) in [5, 5.41) is 4.96. The minimum atomic E-state index is -0.0175. The van der Waals surface area contributed by atoms with Crippen molar-refractivity contribution in [2.45, 2.75) is 19.9 Å². The van der Waals surface area contributed by atoms with E-state index in [9.17, 15) is 0 Å². The fourth-order valence-electron chi connectivity index (χ4n) is 1.46. The second kappa shape index (κ2) is 2.85. The van der Waals surface area contributed by atoms with Gasteiger partial charge < -0.3 is 10.3 Å². The van der Waals surface area contributed by atoms with Gasteiger partial charge in [0.15, 0.2) is 5.58 Å². The highest BCUT2D eigenvalue weighted by atomic mass is 16.5. The van der Waals surface area contributed by atoms with Crippen molar-refractivity contribution < 1.29 is 4.52 Å². The molecule has 3 heteroatoms. The molecule has 13 heavy (non-hydrogen) atoms. The summed E-state index contributed by atoms with van der Waals surface area (Å²) < 4.78 is 5.21. The van der Waals surface area contributed by atoms with E-state index in [1.54, 1.807) is 0 Å². The van der Waals surface area contributed by atoms with Crippen LogP contribution in [0.2, 0.25) is 0 Å². The normalized spacial score (nSPS) is 13.5. The van der Waals surface area contributed by atoms with Crippen molar-refractivity contribution in [3.63, 3.8) is 0 Å². The van der Waals surface area contributed by atoms with Gasteiger partial charge in [0.2, 0.25) is 0 Å². The van der Waals surface area contributed by atoms with Gasteiger partial charge in [0, 0.05) is 17.0 Å². The molecule has 0 amide bonds. The Morgan fingerprint density at radius 2 is 2.23 bits per heavy atom. The van der Waals surface area contributed by atoms with Gasteiger partial charge >= 0.3 is 0 Å². The number of para-hydroxylation sites is 1. The lowest BCUT2D eigenvalue weighted by Crippen LogP contribution is -2.04. The molecule has 0 aliphatic carbocycles. The number of hydrogen-bond donors (Lipinski definition) is 1. The predicted octanol–water partition coefficient (Wildman–Crippen LogP) is 2.16. The largest absolute Gasteiger partial charge is 0.356 e. The van der Waals surface area contributed by atoms with E-state index < -0.39 is 0 Å². The van der Waals surface area contributed by atoms with Gasteiger partial charge in [0.1, 0.15) is 0 Å². The molecule has 0 saturated carbocycles. The van der Waals surface area contributed by atoms with Crippen LogP contribution in [0.15, 0.2) is 22.7 Å². The number of aryl methyl sites for hydroxylation is 1. The van der Waals surface area contributed by atoms with Crippen LogP contribution in [-0.4, -0.2) is 5.16 Å². The Bertz CT molecular complexity index is 431. The molecule has 1 aromatic carbocycles. The summed E-state index contributed by atoms with van der Waals surface area (Å²) in [6.45, 7) is 3.86. The van der Waals surface area contributed by atoms with Crippen LogP contribution in [0.4, 0.5) is 0 Å². The molecule has 0 aliphatic rings. The summed E-state index contributed by atoms with van der Waals surface area (Å²) in [6.07, 6.45) is 0. The lowest BCUT2D eigenvalue weighted by atomic mass is 10.1.